The lowest BCUT2D eigenvalue weighted by Crippen LogP contribution is -2.29. The van der Waals surface area contributed by atoms with E-state index in [-0.39, 0.29) is 38.2 Å². The maximum atomic E-state index is 12.8. The second-order valence-electron chi connectivity index (χ2n) is 7.09. The number of carbonyl (C=O) groups is 4. The van der Waals surface area contributed by atoms with E-state index < -0.39 is 23.9 Å². The monoisotopic (exact) mass is 467 g/mol. The van der Waals surface area contributed by atoms with E-state index in [1.807, 2.05) is 0 Å². The summed E-state index contributed by atoms with van der Waals surface area (Å²) in [6.07, 6.45) is -1.02. The fraction of sp³-hybridized carbons (Fsp3) is 0.0833. The summed E-state index contributed by atoms with van der Waals surface area (Å²) in [6.45, 7) is 1.48. The molecule has 4 rings (SSSR count). The van der Waals surface area contributed by atoms with Gasteiger partial charge in [-0.3, -0.25) is 14.4 Å². The average Bonchev–Trinajstić information content (AvgIpc) is 3.03. The van der Waals surface area contributed by atoms with Crippen LogP contribution >= 0.6 is 23.2 Å². The smallest absolute Gasteiger partial charge is 0.338 e. The largest absolute Gasteiger partial charge is 0.451 e. The lowest BCUT2D eigenvalue weighted by atomic mass is 10.1. The van der Waals surface area contributed by atoms with Crippen molar-refractivity contribution in [3.63, 3.8) is 0 Å². The third kappa shape index (κ3) is 3.90. The maximum Gasteiger partial charge on any atom is 0.338 e. The van der Waals surface area contributed by atoms with Gasteiger partial charge in [-0.25, -0.2) is 9.69 Å². The van der Waals surface area contributed by atoms with Gasteiger partial charge in [0.15, 0.2) is 6.10 Å². The van der Waals surface area contributed by atoms with Gasteiger partial charge in [0.2, 0.25) is 5.78 Å². The first-order valence-corrected chi connectivity index (χ1v) is 10.3. The fourth-order valence-corrected chi connectivity index (χ4v) is 3.69. The number of fused-ring (bicyclic) bond motifs is 1. The topological polar surface area (TPSA) is 80.8 Å². The molecule has 160 valence electrons. The predicted octanol–water partition coefficient (Wildman–Crippen LogP) is 5.22. The van der Waals surface area contributed by atoms with Gasteiger partial charge >= 0.3 is 5.97 Å². The number of carbonyl (C=O) groups excluding carboxylic acids is 4. The number of nitrogens with zero attached hydrogens (tertiary/aromatic N) is 1. The van der Waals surface area contributed by atoms with Crippen LogP contribution in [0.3, 0.4) is 0 Å². The molecule has 2 amide bonds. The summed E-state index contributed by atoms with van der Waals surface area (Å²) in [5.41, 5.74) is 0.937. The van der Waals surface area contributed by atoms with Crippen molar-refractivity contribution in [1.29, 1.82) is 0 Å². The van der Waals surface area contributed by atoms with Crippen LogP contribution < -0.4 is 4.90 Å². The molecule has 6 nitrogen and oxygen atoms in total. The van der Waals surface area contributed by atoms with Crippen molar-refractivity contribution in [1.82, 2.24) is 0 Å². The quantitative estimate of drug-likeness (QED) is 0.291. The molecule has 8 heteroatoms. The van der Waals surface area contributed by atoms with Crippen LogP contribution in [0.2, 0.25) is 10.0 Å². The number of anilines is 1. The first kappa shape index (κ1) is 21.7. The highest BCUT2D eigenvalue weighted by atomic mass is 35.5. The minimum Gasteiger partial charge on any atom is -0.451 e. The standard InChI is InChI=1S/C24H15Cl2NO5/c1-13(21(28)14-6-3-2-4-7-14)32-24(31)15-8-5-9-16(10-15)27-22(29)17-11-19(25)20(26)12-18(17)23(27)30/h2-13H,1H3/t13-/m1/s1. The number of halogens is 2. The fourth-order valence-electron chi connectivity index (χ4n) is 3.36. The molecular weight excluding hydrogens is 453 g/mol. The van der Waals surface area contributed by atoms with Crippen molar-refractivity contribution in [2.75, 3.05) is 4.90 Å². The average molecular weight is 468 g/mol. The SMILES string of the molecule is C[C@@H](OC(=O)c1cccc(N2C(=O)c3cc(Cl)c(Cl)cc3C2=O)c1)C(=O)c1ccccc1. The molecule has 0 aromatic heterocycles. The summed E-state index contributed by atoms with van der Waals surface area (Å²) in [7, 11) is 0. The van der Waals surface area contributed by atoms with E-state index in [4.69, 9.17) is 27.9 Å². The van der Waals surface area contributed by atoms with E-state index in [1.165, 1.54) is 43.3 Å². The third-order valence-electron chi connectivity index (χ3n) is 4.98. The molecule has 1 atom stereocenters. The lowest BCUT2D eigenvalue weighted by Gasteiger charge is -2.16. The molecule has 0 unspecified atom stereocenters. The minimum atomic E-state index is -1.02. The molecule has 0 saturated carbocycles. The highest BCUT2D eigenvalue weighted by molar-refractivity contribution is 6.44. The van der Waals surface area contributed by atoms with Gasteiger partial charge in [-0.15, -0.1) is 0 Å². The molecule has 0 N–H and O–H groups in total. The van der Waals surface area contributed by atoms with Crippen molar-refractivity contribution >= 4 is 52.5 Å². The first-order valence-electron chi connectivity index (χ1n) is 9.56. The van der Waals surface area contributed by atoms with Crippen LogP contribution in [0, 0.1) is 0 Å². The summed E-state index contributed by atoms with van der Waals surface area (Å²) < 4.78 is 5.31. The van der Waals surface area contributed by atoms with E-state index in [1.54, 1.807) is 30.3 Å². The number of esters is 1. The number of ether oxygens (including phenoxy) is 1. The molecule has 0 bridgehead atoms. The summed E-state index contributed by atoms with van der Waals surface area (Å²) in [5, 5.41) is 0.311. The van der Waals surface area contributed by atoms with Gasteiger partial charge in [-0.05, 0) is 37.3 Å². The summed E-state index contributed by atoms with van der Waals surface area (Å²) in [5.74, 6) is -2.26. The maximum absolute atomic E-state index is 12.8. The molecule has 0 saturated heterocycles. The molecule has 0 radical (unpaired) electrons. The highest BCUT2D eigenvalue weighted by Crippen LogP contribution is 2.34. The van der Waals surface area contributed by atoms with Crippen LogP contribution in [-0.2, 0) is 4.74 Å². The van der Waals surface area contributed by atoms with E-state index in [9.17, 15) is 19.2 Å². The van der Waals surface area contributed by atoms with Gasteiger partial charge < -0.3 is 4.74 Å². The van der Waals surface area contributed by atoms with E-state index in [2.05, 4.69) is 0 Å². The number of rotatable bonds is 5. The van der Waals surface area contributed by atoms with Crippen LogP contribution in [-0.4, -0.2) is 29.7 Å². The minimum absolute atomic E-state index is 0.0860. The predicted molar refractivity (Wildman–Crippen MR) is 120 cm³/mol. The zero-order valence-electron chi connectivity index (χ0n) is 16.7. The Hall–Kier alpha value is -3.48. The Labute approximate surface area is 193 Å². The zero-order chi connectivity index (χ0) is 23.0. The summed E-state index contributed by atoms with van der Waals surface area (Å²) >= 11 is 12.0. The van der Waals surface area contributed by atoms with Crippen molar-refractivity contribution in [3.8, 4) is 0 Å². The van der Waals surface area contributed by atoms with E-state index in [0.717, 1.165) is 4.90 Å². The Morgan fingerprint density at radius 3 is 1.97 bits per heavy atom. The number of Topliss-reactive ketones (excluding diaryl/α,β-unsaturated/α-hetero) is 1. The van der Waals surface area contributed by atoms with Crippen molar-refractivity contribution < 1.29 is 23.9 Å². The Morgan fingerprint density at radius 2 is 1.38 bits per heavy atom. The summed E-state index contributed by atoms with van der Waals surface area (Å²) in [6, 6.07) is 17.0. The van der Waals surface area contributed by atoms with E-state index in [0.29, 0.717) is 5.56 Å². The van der Waals surface area contributed by atoms with Gasteiger partial charge in [0.05, 0.1) is 32.4 Å². The normalized spacial score (nSPS) is 13.7. The van der Waals surface area contributed by atoms with E-state index >= 15 is 0 Å². The van der Waals surface area contributed by atoms with Crippen LogP contribution in [0.25, 0.3) is 0 Å². The lowest BCUT2D eigenvalue weighted by molar-refractivity contribution is 0.0318. The molecule has 1 aliphatic heterocycles. The second kappa shape index (κ2) is 8.57. The van der Waals surface area contributed by atoms with Crippen molar-refractivity contribution in [2.24, 2.45) is 0 Å². The molecule has 1 aliphatic rings. The number of amides is 2. The Bertz CT molecular complexity index is 1230. The highest BCUT2D eigenvalue weighted by Gasteiger charge is 2.37. The van der Waals surface area contributed by atoms with Crippen LogP contribution in [0.4, 0.5) is 5.69 Å². The van der Waals surface area contributed by atoms with Gasteiger partial charge in [-0.2, -0.15) is 0 Å². The molecule has 32 heavy (non-hydrogen) atoms. The number of hydrogen-bond donors (Lipinski definition) is 0. The first-order chi connectivity index (χ1) is 15.3. The molecule has 0 fully saturated rings. The Morgan fingerprint density at radius 1 is 0.812 bits per heavy atom. The molecule has 0 aliphatic carbocycles. The van der Waals surface area contributed by atoms with Crippen molar-refractivity contribution in [3.05, 3.63) is 99.0 Å². The number of ketones is 1. The Balaban J connectivity index is 1.56. The number of hydrogen-bond acceptors (Lipinski definition) is 5. The third-order valence-corrected chi connectivity index (χ3v) is 5.70. The van der Waals surface area contributed by atoms with Gasteiger partial charge in [0.25, 0.3) is 11.8 Å². The number of benzene rings is 3. The van der Waals surface area contributed by atoms with Gasteiger partial charge in [-0.1, -0.05) is 59.6 Å². The van der Waals surface area contributed by atoms with Crippen molar-refractivity contribution in [2.45, 2.75) is 13.0 Å². The zero-order valence-corrected chi connectivity index (χ0v) is 18.2. The molecule has 1 heterocycles. The molecule has 3 aromatic rings. The van der Waals surface area contributed by atoms with Crippen LogP contribution in [0.15, 0.2) is 66.7 Å². The molecule has 3 aromatic carbocycles. The van der Waals surface area contributed by atoms with Crippen LogP contribution in [0.1, 0.15) is 48.4 Å². The Kier molecular flexibility index (Phi) is 5.82. The molecular formula is C24H15Cl2NO5. The summed E-state index contributed by atoms with van der Waals surface area (Å²) in [4.78, 5) is 51.7. The number of imide groups is 1. The van der Waals surface area contributed by atoms with Gasteiger partial charge in [0, 0.05) is 5.56 Å². The van der Waals surface area contributed by atoms with Gasteiger partial charge in [0.1, 0.15) is 0 Å². The second-order valence-corrected chi connectivity index (χ2v) is 7.90. The van der Waals surface area contributed by atoms with Crippen LogP contribution in [0.5, 0.6) is 0 Å². The molecule has 0 spiro atoms.